The lowest BCUT2D eigenvalue weighted by atomic mass is 9.72. The molecule has 0 radical (unpaired) electrons. The highest BCUT2D eigenvalue weighted by molar-refractivity contribution is 6.33. The van der Waals surface area contributed by atoms with E-state index in [4.69, 9.17) is 16.7 Å². The van der Waals surface area contributed by atoms with Crippen LogP contribution >= 0.6 is 11.6 Å². The maximum atomic E-state index is 13.8. The molecule has 0 bridgehead atoms. The summed E-state index contributed by atoms with van der Waals surface area (Å²) in [6.45, 7) is 5.06. The number of carboxylic acid groups (broad SMARTS) is 1. The van der Waals surface area contributed by atoms with E-state index >= 15 is 0 Å². The molecule has 1 saturated heterocycles. The molecule has 7 nitrogen and oxygen atoms in total. The smallest absolute Gasteiger partial charge is 0.404 e. The first-order valence-corrected chi connectivity index (χ1v) is 15.4. The Bertz CT molecular complexity index is 1440. The summed E-state index contributed by atoms with van der Waals surface area (Å²) >= 11 is 6.85. The molecule has 2 atom stereocenters. The number of hydrogen-bond donors (Lipinski definition) is 4. The number of benzene rings is 3. The minimum atomic E-state index is -1.33. The van der Waals surface area contributed by atoms with E-state index in [0.29, 0.717) is 36.5 Å². The molecule has 8 heteroatoms. The normalized spacial score (nSPS) is 18.2. The molecule has 3 aromatic rings. The first kappa shape index (κ1) is 30.1. The maximum absolute atomic E-state index is 13.8. The van der Waals surface area contributed by atoms with Crippen LogP contribution in [0.4, 0.5) is 4.79 Å². The number of fused-ring (bicyclic) bond motifs is 1. The summed E-state index contributed by atoms with van der Waals surface area (Å²) in [5, 5.41) is 28.2. The van der Waals surface area contributed by atoms with Crippen LogP contribution in [0.2, 0.25) is 5.02 Å². The van der Waals surface area contributed by atoms with Crippen LogP contribution in [-0.4, -0.2) is 53.3 Å². The quantitative estimate of drug-likeness (QED) is 0.229. The molecule has 0 unspecified atom stereocenters. The van der Waals surface area contributed by atoms with E-state index in [1.165, 1.54) is 16.7 Å². The van der Waals surface area contributed by atoms with Gasteiger partial charge in [-0.05, 0) is 91.1 Å². The molecular weight excluding hydrogens is 550 g/mol. The number of carbonyl (C=O) groups excluding carboxylic acids is 1. The van der Waals surface area contributed by atoms with Gasteiger partial charge in [0.25, 0.3) is 5.91 Å². The zero-order valence-corrected chi connectivity index (χ0v) is 24.9. The fourth-order valence-corrected chi connectivity index (χ4v) is 6.87. The van der Waals surface area contributed by atoms with Gasteiger partial charge in [0.1, 0.15) is 0 Å². The number of aliphatic hydroxyl groups is 1. The molecular formula is C34H40ClN3O4. The Morgan fingerprint density at radius 3 is 2.76 bits per heavy atom. The van der Waals surface area contributed by atoms with Crippen LogP contribution in [0.15, 0.2) is 60.7 Å². The molecule has 0 aromatic heterocycles. The van der Waals surface area contributed by atoms with Crippen molar-refractivity contribution in [3.63, 3.8) is 0 Å². The van der Waals surface area contributed by atoms with Gasteiger partial charge in [0.15, 0.2) is 0 Å². The predicted octanol–water partition coefficient (Wildman–Crippen LogP) is 6.00. The Balaban J connectivity index is 1.49. The van der Waals surface area contributed by atoms with Crippen LogP contribution in [0.3, 0.4) is 0 Å². The summed E-state index contributed by atoms with van der Waals surface area (Å²) in [5.41, 5.74) is 5.40. The minimum absolute atomic E-state index is 0.0232. The van der Waals surface area contributed by atoms with Gasteiger partial charge in [0.2, 0.25) is 0 Å². The number of likely N-dealkylation sites (tertiary alicyclic amines) is 1. The van der Waals surface area contributed by atoms with Crippen molar-refractivity contribution in [2.75, 3.05) is 26.2 Å². The lowest BCUT2D eigenvalue weighted by molar-refractivity contribution is -0.0563. The van der Waals surface area contributed by atoms with Gasteiger partial charge in [-0.15, -0.1) is 0 Å². The van der Waals surface area contributed by atoms with Gasteiger partial charge in [-0.2, -0.15) is 0 Å². The van der Waals surface area contributed by atoms with Crippen molar-refractivity contribution in [1.82, 2.24) is 15.5 Å². The molecule has 5 rings (SSSR count). The highest BCUT2D eigenvalue weighted by atomic mass is 35.5. The number of halogens is 1. The number of amides is 2. The van der Waals surface area contributed by atoms with Crippen LogP contribution in [0.25, 0.3) is 11.1 Å². The predicted molar refractivity (Wildman–Crippen MR) is 166 cm³/mol. The van der Waals surface area contributed by atoms with Gasteiger partial charge in [-0.1, -0.05) is 61.0 Å². The van der Waals surface area contributed by atoms with Crippen molar-refractivity contribution in [2.45, 2.75) is 57.6 Å². The number of hydrogen-bond acceptors (Lipinski definition) is 4. The average Bonchev–Trinajstić information content (AvgIpc) is 3.02. The van der Waals surface area contributed by atoms with E-state index in [1.807, 2.05) is 47.4 Å². The summed E-state index contributed by atoms with van der Waals surface area (Å²) in [6.07, 6.45) is 3.01. The van der Waals surface area contributed by atoms with Gasteiger partial charge >= 0.3 is 6.09 Å². The van der Waals surface area contributed by atoms with E-state index in [-0.39, 0.29) is 18.4 Å². The topological polar surface area (TPSA) is 102 Å². The fourth-order valence-electron chi connectivity index (χ4n) is 6.58. The van der Waals surface area contributed by atoms with Gasteiger partial charge in [-0.25, -0.2) is 4.79 Å². The van der Waals surface area contributed by atoms with Gasteiger partial charge in [-0.3, -0.25) is 4.79 Å². The zero-order valence-electron chi connectivity index (χ0n) is 24.2. The maximum Gasteiger partial charge on any atom is 0.404 e. The number of rotatable bonds is 9. The second-order valence-electron chi connectivity index (χ2n) is 11.5. The molecule has 222 valence electrons. The van der Waals surface area contributed by atoms with Crippen LogP contribution in [-0.2, 0) is 25.0 Å². The molecule has 3 aromatic carbocycles. The Morgan fingerprint density at radius 1 is 1.12 bits per heavy atom. The van der Waals surface area contributed by atoms with Crippen LogP contribution in [0.1, 0.15) is 65.2 Å². The Labute approximate surface area is 252 Å². The number of aryl methyl sites for hydroxylation is 1. The number of nitrogens with zero attached hydrogens (tertiary/aromatic N) is 1. The Morgan fingerprint density at radius 2 is 1.95 bits per heavy atom. The summed E-state index contributed by atoms with van der Waals surface area (Å²) in [4.78, 5) is 26.8. The lowest BCUT2D eigenvalue weighted by Crippen LogP contribution is -2.48. The second kappa shape index (κ2) is 13.3. The molecule has 2 heterocycles. The molecule has 0 spiro atoms. The van der Waals surface area contributed by atoms with E-state index in [2.05, 4.69) is 35.8 Å². The molecule has 0 aliphatic carbocycles. The standard InChI is InChI=1S/C34H40ClN3O4/c1-2-23-7-3-8-25(19-23)31-29(10-4-11-30(31)35)34(42,15-6-16-37-33(40)41)28-9-5-18-38(22-28)32(39)26-13-12-24-14-17-36-21-27(24)20-26/h3-4,7-8,10-13,19-20,28,36-37,42H,2,5-6,9,14-18,21-22H2,1H3,(H,40,41)/t28-,34+/m1/s1. The van der Waals surface area contributed by atoms with Crippen molar-refractivity contribution < 1.29 is 19.8 Å². The minimum Gasteiger partial charge on any atom is -0.465 e. The highest BCUT2D eigenvalue weighted by Crippen LogP contribution is 2.45. The first-order valence-electron chi connectivity index (χ1n) is 15.0. The van der Waals surface area contributed by atoms with Gasteiger partial charge in [0.05, 0.1) is 5.60 Å². The second-order valence-corrected chi connectivity index (χ2v) is 11.9. The number of carbonyl (C=O) groups is 2. The van der Waals surface area contributed by atoms with E-state index in [0.717, 1.165) is 55.5 Å². The Kier molecular flexibility index (Phi) is 9.51. The molecule has 42 heavy (non-hydrogen) atoms. The summed E-state index contributed by atoms with van der Waals surface area (Å²) < 4.78 is 0. The largest absolute Gasteiger partial charge is 0.465 e. The lowest BCUT2D eigenvalue weighted by Gasteiger charge is -2.44. The monoisotopic (exact) mass is 589 g/mol. The third-order valence-corrected chi connectivity index (χ3v) is 9.15. The van der Waals surface area contributed by atoms with Crippen LogP contribution < -0.4 is 10.6 Å². The van der Waals surface area contributed by atoms with Crippen molar-refractivity contribution in [3.05, 3.63) is 93.5 Å². The fraction of sp³-hybridized carbons (Fsp3) is 0.412. The molecule has 1 fully saturated rings. The molecule has 4 N–H and O–H groups in total. The van der Waals surface area contributed by atoms with Crippen molar-refractivity contribution >= 4 is 23.6 Å². The van der Waals surface area contributed by atoms with Crippen molar-refractivity contribution in [1.29, 1.82) is 0 Å². The third-order valence-electron chi connectivity index (χ3n) is 8.84. The summed E-state index contributed by atoms with van der Waals surface area (Å²) in [7, 11) is 0. The van der Waals surface area contributed by atoms with Crippen LogP contribution in [0, 0.1) is 5.92 Å². The summed E-state index contributed by atoms with van der Waals surface area (Å²) in [6, 6.07) is 19.8. The SMILES string of the molecule is CCc1cccc(-c2c(Cl)cccc2[C@](O)(CCCNC(=O)O)[C@@H]2CCCN(C(=O)c3ccc4c(c3)CNCC4)C2)c1. The van der Waals surface area contributed by atoms with Crippen molar-refractivity contribution in [3.8, 4) is 11.1 Å². The van der Waals surface area contributed by atoms with Gasteiger partial charge in [0, 0.05) is 48.2 Å². The molecule has 2 amide bonds. The first-order chi connectivity index (χ1) is 20.3. The molecule has 0 saturated carbocycles. The van der Waals surface area contributed by atoms with E-state index < -0.39 is 11.7 Å². The summed E-state index contributed by atoms with van der Waals surface area (Å²) in [5.74, 6) is -0.282. The number of piperidine rings is 1. The van der Waals surface area contributed by atoms with Gasteiger partial charge < -0.3 is 25.7 Å². The van der Waals surface area contributed by atoms with Crippen LogP contribution in [0.5, 0.6) is 0 Å². The van der Waals surface area contributed by atoms with Crippen molar-refractivity contribution in [2.24, 2.45) is 5.92 Å². The Hall–Kier alpha value is -3.39. The highest BCUT2D eigenvalue weighted by Gasteiger charge is 2.43. The van der Waals surface area contributed by atoms with E-state index in [1.54, 1.807) is 0 Å². The number of nitrogens with one attached hydrogen (secondary N) is 2. The molecule has 2 aliphatic heterocycles. The zero-order chi connectivity index (χ0) is 29.7. The average molecular weight is 590 g/mol. The molecule has 2 aliphatic rings. The third kappa shape index (κ3) is 6.48. The van der Waals surface area contributed by atoms with E-state index in [9.17, 15) is 14.7 Å².